The van der Waals surface area contributed by atoms with Crippen molar-refractivity contribution in [1.82, 2.24) is 0 Å². The molecule has 8 aromatic carbocycles. The van der Waals surface area contributed by atoms with E-state index in [1.165, 1.54) is 0 Å². The minimum absolute atomic E-state index is 0.111. The van der Waals surface area contributed by atoms with Gasteiger partial charge in [0.1, 0.15) is 79.8 Å². The van der Waals surface area contributed by atoms with Crippen LogP contribution in [0.3, 0.4) is 0 Å². The molecule has 2 heterocycles. The summed E-state index contributed by atoms with van der Waals surface area (Å²) in [5, 5.41) is 25.4. The van der Waals surface area contributed by atoms with E-state index < -0.39 is 16.5 Å². The Morgan fingerprint density at radius 1 is 0.287 bits per heavy atom. The average Bonchev–Trinajstić information content (AvgIpc) is 3.83. The molecule has 0 radical (unpaired) electrons. The second-order valence-corrected chi connectivity index (χ2v) is 21.9. The number of methoxy groups -OCH3 is 6. The zero-order chi connectivity index (χ0) is 57.4. The number of phenols is 2. The third-order valence-electron chi connectivity index (χ3n) is 13.9. The van der Waals surface area contributed by atoms with Crippen molar-refractivity contribution in [2.45, 2.75) is 69.2 Å². The molecule has 0 aliphatic carbocycles. The quantitative estimate of drug-likeness (QED) is 0.119. The lowest BCUT2D eigenvalue weighted by Crippen LogP contribution is -1.94. The normalized spacial score (nSPS) is 11.1. The van der Waals surface area contributed by atoms with Gasteiger partial charge in [-0.05, 0) is 210 Å². The highest BCUT2D eigenvalue weighted by Crippen LogP contribution is 2.50. The fraction of sp³-hybridized carbons (Fsp3) is 0.250. The highest BCUT2D eigenvalue weighted by atomic mass is 31.1. The van der Waals surface area contributed by atoms with Crippen molar-refractivity contribution in [2.24, 2.45) is 0 Å². The van der Waals surface area contributed by atoms with E-state index in [4.69, 9.17) is 54.3 Å². The van der Waals surface area contributed by atoms with Gasteiger partial charge in [0.05, 0.1) is 42.7 Å². The molecule has 0 unspecified atom stereocenters. The van der Waals surface area contributed by atoms with E-state index in [-0.39, 0.29) is 11.5 Å². The molecule has 0 atom stereocenters. The van der Waals surface area contributed by atoms with Crippen molar-refractivity contribution in [3.05, 3.63) is 153 Å². The zero-order valence-electron chi connectivity index (χ0n) is 47.9. The summed E-state index contributed by atoms with van der Waals surface area (Å²) < 4.78 is 72.6. The third kappa shape index (κ3) is 11.1. The van der Waals surface area contributed by atoms with E-state index in [1.807, 2.05) is 148 Å². The Balaban J connectivity index is 0.000000194. The van der Waals surface area contributed by atoms with Crippen LogP contribution in [0.15, 0.2) is 114 Å². The number of benzene rings is 8. The van der Waals surface area contributed by atoms with Crippen LogP contribution in [0.25, 0.3) is 66.1 Å². The number of hydrogen-bond donors (Lipinski definition) is 2. The lowest BCUT2D eigenvalue weighted by atomic mass is 9.95. The molecule has 0 aliphatic heterocycles. The van der Waals surface area contributed by atoms with Crippen LogP contribution in [0, 0.1) is 69.2 Å². The minimum atomic E-state index is -2.01. The molecule has 0 saturated carbocycles. The maximum atomic E-state index is 11.1. The van der Waals surface area contributed by atoms with Gasteiger partial charge in [-0.2, -0.15) is 0 Å². The number of aryl methyl sites for hydroxylation is 10. The van der Waals surface area contributed by atoms with Crippen molar-refractivity contribution >= 4 is 60.4 Å². The molecular weight excluding hydrogens is 1050 g/mol. The van der Waals surface area contributed by atoms with E-state index in [9.17, 15) is 10.2 Å². The summed E-state index contributed by atoms with van der Waals surface area (Å²) in [6.45, 7) is 19.5. The summed E-state index contributed by atoms with van der Waals surface area (Å²) in [6.07, 6.45) is 0. The average molecular weight is 1120 g/mol. The van der Waals surface area contributed by atoms with Gasteiger partial charge in [-0.3, -0.25) is 0 Å². The molecule has 10 aromatic rings. The van der Waals surface area contributed by atoms with Gasteiger partial charge in [0.2, 0.25) is 0 Å². The van der Waals surface area contributed by atoms with Crippen LogP contribution in [0.2, 0.25) is 0 Å². The third-order valence-corrected chi connectivity index (χ3v) is 15.9. The lowest BCUT2D eigenvalue weighted by molar-refractivity contribution is 0.411. The topological polar surface area (TPSA) is 167 Å². The maximum Gasteiger partial charge on any atom is 0.453 e. The maximum absolute atomic E-state index is 11.1. The Hall–Kier alpha value is -8.44. The molecule has 0 saturated heterocycles. The molecular formula is C64H66O14P2. The zero-order valence-corrected chi connectivity index (χ0v) is 49.7. The van der Waals surface area contributed by atoms with E-state index in [1.54, 1.807) is 54.8 Å². The molecule has 416 valence electrons. The summed E-state index contributed by atoms with van der Waals surface area (Å²) in [7, 11) is 5.80. The predicted octanol–water partition coefficient (Wildman–Crippen LogP) is 18.1. The highest BCUT2D eigenvalue weighted by molar-refractivity contribution is 7.32. The number of aromatic hydroxyl groups is 2. The smallest absolute Gasteiger partial charge is 0.453 e. The second-order valence-electron chi connectivity index (χ2n) is 19.9. The van der Waals surface area contributed by atoms with E-state index >= 15 is 0 Å². The number of ether oxygens (including phenoxy) is 6. The van der Waals surface area contributed by atoms with E-state index in [2.05, 4.69) is 6.07 Å². The SMILES string of the molecule is COc1cc(C)c(O)c(-c2cc(OC)cc(C)c2Op2oc3c(C)cc(OC)cc3c3cc(OC)cc(C)c3o2)c1.COc1cc(C)c2op(Oc3c(C)cc(C)cc3-c3cc(C)cc(C)c3O)oc3c(C)cc(OC)cc3c2c1. The first kappa shape index (κ1) is 56.3. The number of rotatable bonds is 12. The monoisotopic (exact) mass is 1120 g/mol. The van der Waals surface area contributed by atoms with Crippen LogP contribution >= 0.6 is 16.5 Å². The minimum Gasteiger partial charge on any atom is -0.507 e. The molecule has 0 amide bonds. The van der Waals surface area contributed by atoms with Crippen LogP contribution in [0.4, 0.5) is 0 Å². The van der Waals surface area contributed by atoms with Crippen molar-refractivity contribution in [2.75, 3.05) is 42.7 Å². The number of phenolic OH excluding ortho intramolecular Hbond substituents is 2. The van der Waals surface area contributed by atoms with Crippen molar-refractivity contribution in [3.8, 4) is 79.7 Å². The van der Waals surface area contributed by atoms with Crippen molar-refractivity contribution in [3.63, 3.8) is 0 Å². The Labute approximate surface area is 467 Å². The molecule has 14 nitrogen and oxygen atoms in total. The summed E-state index contributed by atoms with van der Waals surface area (Å²) in [5.41, 5.74) is 14.0. The van der Waals surface area contributed by atoms with Gasteiger partial charge in [0.25, 0.3) is 0 Å². The summed E-state index contributed by atoms with van der Waals surface area (Å²) in [5.74, 6) is 5.48. The molecule has 0 fully saturated rings. The second kappa shape index (κ2) is 23.1. The molecule has 16 heteroatoms. The highest BCUT2D eigenvalue weighted by Gasteiger charge is 2.24. The van der Waals surface area contributed by atoms with Crippen molar-refractivity contribution in [1.29, 1.82) is 0 Å². The number of hydrogen-bond acceptors (Lipinski definition) is 14. The Morgan fingerprint density at radius 2 is 0.537 bits per heavy atom. The van der Waals surface area contributed by atoms with Gasteiger partial charge in [0, 0.05) is 43.8 Å². The van der Waals surface area contributed by atoms with Gasteiger partial charge in [0.15, 0.2) is 0 Å². The lowest BCUT2D eigenvalue weighted by Gasteiger charge is -2.17. The first-order valence-corrected chi connectivity index (χ1v) is 27.9. The summed E-state index contributed by atoms with van der Waals surface area (Å²) in [6, 6.07) is 30.6. The summed E-state index contributed by atoms with van der Waals surface area (Å²) >= 11 is 0. The largest absolute Gasteiger partial charge is 0.507 e. The van der Waals surface area contributed by atoms with Gasteiger partial charge in [-0.1, -0.05) is 12.1 Å². The van der Waals surface area contributed by atoms with E-state index in [0.29, 0.717) is 79.1 Å². The van der Waals surface area contributed by atoms with E-state index in [0.717, 1.165) is 88.7 Å². The Kier molecular flexibility index (Phi) is 16.3. The number of fused-ring (bicyclic) bond motifs is 6. The van der Waals surface area contributed by atoms with Gasteiger partial charge in [-0.25, -0.2) is 0 Å². The fourth-order valence-corrected chi connectivity index (χ4v) is 12.5. The Morgan fingerprint density at radius 3 is 0.900 bits per heavy atom. The fourth-order valence-electron chi connectivity index (χ4n) is 9.97. The van der Waals surface area contributed by atoms with Crippen molar-refractivity contribution < 1.29 is 64.5 Å². The first-order chi connectivity index (χ1) is 38.2. The molecule has 80 heavy (non-hydrogen) atoms. The predicted molar refractivity (Wildman–Crippen MR) is 318 cm³/mol. The van der Waals surface area contributed by atoms with Gasteiger partial charge >= 0.3 is 16.5 Å². The molecule has 10 rings (SSSR count). The van der Waals surface area contributed by atoms with Gasteiger partial charge in [-0.15, -0.1) is 0 Å². The standard InChI is InChI=1S/C32H33O8P.C32H33O6P/c1-17-9-21(34-5)13-25(29(17)33)26-14-22(35-6)10-18(2)30(26)38-41-39-31-19(3)11-23(36-7)15-27(31)28-16-24(37-8)12-20(4)32(28)40-41;1-17-9-19(3)29(33)25(11-17)26-12-18(2)10-20(4)30(26)36-39-37-31-21(5)13-23(34-7)15-27(31)28-16-24(35-8)14-22(6)32(28)38-39/h9-16,33H,1-8H3;9-16,33H,1-8H3. The molecule has 2 aromatic heterocycles. The van der Waals surface area contributed by atoms with Crippen LogP contribution < -0.4 is 37.5 Å². The first-order valence-electron chi connectivity index (χ1n) is 25.7. The molecule has 2 N–H and O–H groups in total. The van der Waals surface area contributed by atoms with Crippen LogP contribution in [-0.4, -0.2) is 52.9 Å². The molecule has 0 spiro atoms. The van der Waals surface area contributed by atoms with Crippen LogP contribution in [-0.2, 0) is 0 Å². The van der Waals surface area contributed by atoms with Crippen LogP contribution in [0.1, 0.15) is 55.6 Å². The van der Waals surface area contributed by atoms with Crippen LogP contribution in [0.5, 0.6) is 57.5 Å². The Bertz CT molecular complexity index is 3990. The molecule has 0 aliphatic rings. The van der Waals surface area contributed by atoms with Gasteiger partial charge < -0.3 is 64.5 Å². The molecule has 0 bridgehead atoms. The summed E-state index contributed by atoms with van der Waals surface area (Å²) in [4.78, 5) is 0.